The van der Waals surface area contributed by atoms with Gasteiger partial charge in [-0.15, -0.1) is 11.3 Å². The van der Waals surface area contributed by atoms with Crippen LogP contribution in [-0.4, -0.2) is 15.7 Å². The van der Waals surface area contributed by atoms with Crippen LogP contribution in [0, 0.1) is 5.82 Å². The molecule has 0 radical (unpaired) electrons. The summed E-state index contributed by atoms with van der Waals surface area (Å²) in [5, 5.41) is 9.70. The number of anilines is 1. The van der Waals surface area contributed by atoms with Gasteiger partial charge in [-0.3, -0.25) is 9.48 Å². The van der Waals surface area contributed by atoms with Gasteiger partial charge in [0.05, 0.1) is 11.4 Å². The minimum absolute atomic E-state index is 0.240. The van der Waals surface area contributed by atoms with Crippen molar-refractivity contribution in [1.29, 1.82) is 0 Å². The minimum atomic E-state index is -0.314. The Morgan fingerprint density at radius 2 is 1.97 bits per heavy atom. The molecule has 0 aliphatic rings. The predicted octanol–water partition coefficient (Wildman–Crippen LogP) is 5.62. The zero-order chi connectivity index (χ0) is 20.9. The monoisotopic (exact) mass is 441 g/mol. The molecule has 4 aromatic rings. The number of halogens is 2. The van der Waals surface area contributed by atoms with Gasteiger partial charge >= 0.3 is 0 Å². The number of hydrogen-bond donors (Lipinski definition) is 1. The summed E-state index contributed by atoms with van der Waals surface area (Å²) in [6, 6.07) is 16.9. The second-order valence-electron chi connectivity index (χ2n) is 6.51. The van der Waals surface area contributed by atoms with Crippen LogP contribution in [0.5, 0.6) is 5.75 Å². The van der Waals surface area contributed by atoms with Gasteiger partial charge in [-0.25, -0.2) is 4.39 Å². The summed E-state index contributed by atoms with van der Waals surface area (Å²) in [7, 11) is 0. The van der Waals surface area contributed by atoms with Crippen LogP contribution in [0.3, 0.4) is 0 Å². The fourth-order valence-electron chi connectivity index (χ4n) is 2.76. The van der Waals surface area contributed by atoms with Gasteiger partial charge in [0.1, 0.15) is 18.2 Å². The number of nitrogens with one attached hydrogen (secondary N) is 1. The summed E-state index contributed by atoms with van der Waals surface area (Å²) >= 11 is 7.50. The summed E-state index contributed by atoms with van der Waals surface area (Å²) in [5.74, 6) is 0.476. The van der Waals surface area contributed by atoms with Crippen molar-refractivity contribution in [2.24, 2.45) is 0 Å². The maximum absolute atomic E-state index is 12.9. The summed E-state index contributed by atoms with van der Waals surface area (Å²) in [6.45, 7) is 0.807. The molecule has 0 fully saturated rings. The van der Waals surface area contributed by atoms with E-state index in [-0.39, 0.29) is 11.7 Å². The number of hydrogen-bond acceptors (Lipinski definition) is 4. The van der Waals surface area contributed by atoms with E-state index in [0.29, 0.717) is 34.6 Å². The first-order valence-corrected chi connectivity index (χ1v) is 10.4. The van der Waals surface area contributed by atoms with Crippen molar-refractivity contribution < 1.29 is 13.9 Å². The quantitative estimate of drug-likeness (QED) is 0.405. The summed E-state index contributed by atoms with van der Waals surface area (Å²) in [4.78, 5) is 13.1. The fraction of sp³-hybridized carbons (Fsp3) is 0.0909. The highest BCUT2D eigenvalue weighted by atomic mass is 35.5. The Morgan fingerprint density at radius 1 is 1.17 bits per heavy atom. The zero-order valence-electron chi connectivity index (χ0n) is 15.7. The molecule has 30 heavy (non-hydrogen) atoms. The number of thiophene rings is 1. The highest BCUT2D eigenvalue weighted by molar-refractivity contribution is 7.12. The highest BCUT2D eigenvalue weighted by Gasteiger charge is 2.12. The molecule has 0 aliphatic heterocycles. The van der Waals surface area contributed by atoms with Crippen molar-refractivity contribution in [1.82, 2.24) is 9.78 Å². The van der Waals surface area contributed by atoms with Crippen LogP contribution in [0.4, 0.5) is 10.2 Å². The number of aromatic nitrogens is 2. The SMILES string of the molecule is O=C(Nc1ccn(Cc2ccccc2Cl)n1)c1cc(COc2ccc(F)cc2)cs1. The van der Waals surface area contributed by atoms with Crippen molar-refractivity contribution in [2.75, 3.05) is 5.32 Å². The number of rotatable bonds is 7. The summed E-state index contributed by atoms with van der Waals surface area (Å²) in [6.07, 6.45) is 1.79. The average Bonchev–Trinajstić information content (AvgIpc) is 3.39. The van der Waals surface area contributed by atoms with Crippen LogP contribution in [0.2, 0.25) is 5.02 Å². The van der Waals surface area contributed by atoms with E-state index >= 15 is 0 Å². The number of amides is 1. The van der Waals surface area contributed by atoms with Crippen molar-refractivity contribution in [3.05, 3.63) is 99.1 Å². The van der Waals surface area contributed by atoms with E-state index in [2.05, 4.69) is 10.4 Å². The first-order chi connectivity index (χ1) is 14.6. The van der Waals surface area contributed by atoms with E-state index in [4.69, 9.17) is 16.3 Å². The molecule has 0 saturated carbocycles. The third kappa shape index (κ3) is 5.06. The number of carbonyl (C=O) groups is 1. The Morgan fingerprint density at radius 3 is 2.77 bits per heavy atom. The summed E-state index contributed by atoms with van der Waals surface area (Å²) < 4.78 is 20.3. The lowest BCUT2D eigenvalue weighted by molar-refractivity contribution is 0.103. The molecular weight excluding hydrogens is 425 g/mol. The minimum Gasteiger partial charge on any atom is -0.489 e. The first-order valence-electron chi connectivity index (χ1n) is 9.11. The standard InChI is InChI=1S/C22H17ClFN3O2S/c23-19-4-2-1-3-16(19)12-27-10-9-21(26-27)25-22(28)20-11-15(14-30-20)13-29-18-7-5-17(24)6-8-18/h1-11,14H,12-13H2,(H,25,26,28). The second kappa shape index (κ2) is 9.11. The molecular formula is C22H17ClFN3O2S. The maximum Gasteiger partial charge on any atom is 0.266 e. The zero-order valence-corrected chi connectivity index (χ0v) is 17.3. The van der Waals surface area contributed by atoms with Crippen LogP contribution in [-0.2, 0) is 13.2 Å². The third-order valence-corrected chi connectivity index (χ3v) is 5.62. The van der Waals surface area contributed by atoms with Gasteiger partial charge in [0.2, 0.25) is 0 Å². The Balaban J connectivity index is 1.34. The molecule has 2 aromatic heterocycles. The largest absolute Gasteiger partial charge is 0.489 e. The molecule has 152 valence electrons. The number of nitrogens with zero attached hydrogens (tertiary/aromatic N) is 2. The molecule has 0 atom stereocenters. The van der Waals surface area contributed by atoms with Crippen LogP contribution in [0.15, 0.2) is 72.2 Å². The molecule has 2 aromatic carbocycles. The van der Waals surface area contributed by atoms with Crippen molar-refractivity contribution in [3.8, 4) is 5.75 Å². The van der Waals surface area contributed by atoms with Crippen LogP contribution >= 0.6 is 22.9 Å². The Labute approximate surface area is 181 Å². The first kappa shape index (κ1) is 20.1. The van der Waals surface area contributed by atoms with E-state index in [1.54, 1.807) is 35.1 Å². The highest BCUT2D eigenvalue weighted by Crippen LogP contribution is 2.20. The number of carbonyl (C=O) groups excluding carboxylic acids is 1. The van der Waals surface area contributed by atoms with Gasteiger partial charge in [0.25, 0.3) is 5.91 Å². The molecule has 0 spiro atoms. The van der Waals surface area contributed by atoms with Crippen molar-refractivity contribution in [3.63, 3.8) is 0 Å². The topological polar surface area (TPSA) is 56.2 Å². The van der Waals surface area contributed by atoms with Gasteiger partial charge < -0.3 is 10.1 Å². The smallest absolute Gasteiger partial charge is 0.266 e. The number of ether oxygens (including phenoxy) is 1. The molecule has 8 heteroatoms. The predicted molar refractivity (Wildman–Crippen MR) is 116 cm³/mol. The van der Waals surface area contributed by atoms with Crippen LogP contribution < -0.4 is 10.1 Å². The summed E-state index contributed by atoms with van der Waals surface area (Å²) in [5.41, 5.74) is 1.81. The van der Waals surface area contributed by atoms with Crippen molar-refractivity contribution >= 4 is 34.7 Å². The molecule has 0 aliphatic carbocycles. The third-order valence-electron chi connectivity index (χ3n) is 4.27. The fourth-order valence-corrected chi connectivity index (χ4v) is 3.75. The molecule has 0 unspecified atom stereocenters. The molecule has 2 heterocycles. The molecule has 0 saturated heterocycles. The molecule has 1 N–H and O–H groups in total. The lowest BCUT2D eigenvalue weighted by Crippen LogP contribution is -2.11. The Bertz CT molecular complexity index is 1160. The molecule has 0 bridgehead atoms. The van der Waals surface area contributed by atoms with Crippen LogP contribution in [0.1, 0.15) is 20.8 Å². The second-order valence-corrected chi connectivity index (χ2v) is 7.82. The van der Waals surface area contributed by atoms with E-state index in [9.17, 15) is 9.18 Å². The van der Waals surface area contributed by atoms with E-state index < -0.39 is 0 Å². The van der Waals surface area contributed by atoms with E-state index in [1.165, 1.54) is 23.5 Å². The Hall–Kier alpha value is -3.16. The lowest BCUT2D eigenvalue weighted by atomic mass is 10.2. The van der Waals surface area contributed by atoms with Gasteiger partial charge in [0.15, 0.2) is 5.82 Å². The van der Waals surface area contributed by atoms with Gasteiger partial charge in [-0.05, 0) is 47.3 Å². The van der Waals surface area contributed by atoms with Gasteiger partial charge in [0, 0.05) is 22.8 Å². The van der Waals surface area contributed by atoms with Crippen molar-refractivity contribution in [2.45, 2.75) is 13.2 Å². The average molecular weight is 442 g/mol. The Kier molecular flexibility index (Phi) is 6.11. The lowest BCUT2D eigenvalue weighted by Gasteiger charge is -2.04. The van der Waals surface area contributed by atoms with Gasteiger partial charge in [-0.1, -0.05) is 29.8 Å². The van der Waals surface area contributed by atoms with E-state index in [0.717, 1.165) is 11.1 Å². The normalized spacial score (nSPS) is 10.7. The number of benzene rings is 2. The maximum atomic E-state index is 12.9. The van der Waals surface area contributed by atoms with E-state index in [1.807, 2.05) is 29.6 Å². The molecule has 4 rings (SSSR count). The van der Waals surface area contributed by atoms with Gasteiger partial charge in [-0.2, -0.15) is 5.10 Å². The van der Waals surface area contributed by atoms with Crippen LogP contribution in [0.25, 0.3) is 0 Å². The molecule has 1 amide bonds. The molecule has 5 nitrogen and oxygen atoms in total.